The van der Waals surface area contributed by atoms with E-state index in [9.17, 15) is 9.59 Å². The molecule has 0 atom stereocenters. The number of nitrogens with zero attached hydrogens (tertiary/aromatic N) is 2. The van der Waals surface area contributed by atoms with Crippen molar-refractivity contribution in [3.63, 3.8) is 0 Å². The molecule has 25 heavy (non-hydrogen) atoms. The third-order valence-electron chi connectivity index (χ3n) is 3.72. The van der Waals surface area contributed by atoms with Crippen molar-refractivity contribution in [3.8, 4) is 0 Å². The van der Waals surface area contributed by atoms with Gasteiger partial charge >= 0.3 is 0 Å². The van der Waals surface area contributed by atoms with E-state index in [4.69, 9.17) is 0 Å². The van der Waals surface area contributed by atoms with Crippen LogP contribution in [0.4, 0.5) is 11.4 Å². The predicted molar refractivity (Wildman–Crippen MR) is 106 cm³/mol. The maximum atomic E-state index is 12.6. The molecule has 1 aliphatic rings. The lowest BCUT2D eigenvalue weighted by Gasteiger charge is -2.15. The quantitative estimate of drug-likeness (QED) is 0.556. The molecule has 0 unspecified atom stereocenters. The number of rotatable bonds is 3. The molecule has 0 bridgehead atoms. The molecule has 128 valence electrons. The van der Waals surface area contributed by atoms with E-state index in [1.54, 1.807) is 24.3 Å². The number of carbonyl (C=O) groups excluding carboxylic acids is 2. The summed E-state index contributed by atoms with van der Waals surface area (Å²) in [5, 5.41) is 1.25. The van der Waals surface area contributed by atoms with Crippen LogP contribution in [0.5, 0.6) is 0 Å². The number of hydrazine groups is 1. The minimum Gasteiger partial charge on any atom is -0.377 e. The van der Waals surface area contributed by atoms with Gasteiger partial charge in [0.05, 0.1) is 11.4 Å². The summed E-state index contributed by atoms with van der Waals surface area (Å²) in [7, 11) is 3.89. The van der Waals surface area contributed by atoms with E-state index >= 15 is 0 Å². The number of benzene rings is 2. The van der Waals surface area contributed by atoms with Crippen molar-refractivity contribution in [3.05, 3.63) is 62.5 Å². The molecule has 0 saturated carbocycles. The first kappa shape index (κ1) is 17.7. The molecular formula is C18H15Br2N3O2. The van der Waals surface area contributed by atoms with E-state index in [0.717, 1.165) is 20.2 Å². The Kier molecular flexibility index (Phi) is 4.96. The van der Waals surface area contributed by atoms with Crippen LogP contribution in [0, 0.1) is 0 Å². The topological polar surface area (TPSA) is 52.7 Å². The minimum atomic E-state index is -0.419. The van der Waals surface area contributed by atoms with Crippen LogP contribution < -0.4 is 15.3 Å². The summed E-state index contributed by atoms with van der Waals surface area (Å²) in [6.07, 6.45) is 1.60. The molecule has 1 saturated heterocycles. The molecule has 2 aromatic carbocycles. The van der Waals surface area contributed by atoms with Crippen molar-refractivity contribution < 1.29 is 9.59 Å². The highest BCUT2D eigenvalue weighted by Crippen LogP contribution is 2.28. The zero-order valence-corrected chi connectivity index (χ0v) is 16.8. The second kappa shape index (κ2) is 7.01. The van der Waals surface area contributed by atoms with Gasteiger partial charge in [0, 0.05) is 23.0 Å². The van der Waals surface area contributed by atoms with Crippen molar-refractivity contribution in [2.24, 2.45) is 0 Å². The van der Waals surface area contributed by atoms with Gasteiger partial charge in [-0.05, 0) is 57.9 Å². The molecule has 0 spiro atoms. The van der Waals surface area contributed by atoms with Crippen LogP contribution in [0.2, 0.25) is 0 Å². The lowest BCUT2D eigenvalue weighted by atomic mass is 10.1. The van der Waals surface area contributed by atoms with E-state index in [-0.39, 0.29) is 11.5 Å². The monoisotopic (exact) mass is 463 g/mol. The Bertz CT molecular complexity index is 894. The van der Waals surface area contributed by atoms with Crippen LogP contribution in [0.25, 0.3) is 6.08 Å². The molecule has 0 aromatic heterocycles. The smallest absolute Gasteiger partial charge is 0.282 e. The molecular weight excluding hydrogens is 450 g/mol. The van der Waals surface area contributed by atoms with Crippen LogP contribution in [0.3, 0.4) is 0 Å². The van der Waals surface area contributed by atoms with Gasteiger partial charge in [-0.2, -0.15) is 0 Å². The molecule has 0 radical (unpaired) electrons. The molecule has 2 aromatic rings. The second-order valence-electron chi connectivity index (χ2n) is 5.72. The number of anilines is 2. The summed E-state index contributed by atoms with van der Waals surface area (Å²) in [4.78, 5) is 26.9. The van der Waals surface area contributed by atoms with E-state index in [1.807, 2.05) is 43.3 Å². The third kappa shape index (κ3) is 3.62. The zero-order valence-electron chi connectivity index (χ0n) is 13.6. The standard InChI is InChI=1S/C18H15Br2N3O2/c1-22(2)16-7-6-11(9-15(16)20)8-14-17(24)21-23(18(14)25)13-5-3-4-12(19)10-13/h3-10H,1-2H3,(H,21,24)/b14-8-. The average molecular weight is 465 g/mol. The fourth-order valence-corrected chi connectivity index (χ4v) is 3.63. The lowest BCUT2D eigenvalue weighted by Crippen LogP contribution is -2.35. The summed E-state index contributed by atoms with van der Waals surface area (Å²) in [5.41, 5.74) is 5.08. The maximum Gasteiger partial charge on any atom is 0.282 e. The number of nitrogens with one attached hydrogen (secondary N) is 1. The Balaban J connectivity index is 1.92. The molecule has 2 amide bonds. The molecule has 5 nitrogen and oxygen atoms in total. The number of hydrogen-bond acceptors (Lipinski definition) is 3. The van der Waals surface area contributed by atoms with Gasteiger partial charge in [-0.3, -0.25) is 15.0 Å². The van der Waals surface area contributed by atoms with Crippen LogP contribution in [-0.2, 0) is 9.59 Å². The van der Waals surface area contributed by atoms with E-state index < -0.39 is 5.91 Å². The van der Waals surface area contributed by atoms with Gasteiger partial charge in [-0.25, -0.2) is 5.01 Å². The number of amides is 2. The van der Waals surface area contributed by atoms with Gasteiger partial charge in [-0.1, -0.05) is 28.1 Å². The van der Waals surface area contributed by atoms with Gasteiger partial charge < -0.3 is 4.90 Å². The molecule has 0 aliphatic carbocycles. The Morgan fingerprint density at radius 1 is 1.08 bits per heavy atom. The highest BCUT2D eigenvalue weighted by atomic mass is 79.9. The Hall–Kier alpha value is -2.12. The fourth-order valence-electron chi connectivity index (χ4n) is 2.50. The number of halogens is 2. The summed E-state index contributed by atoms with van der Waals surface area (Å²) in [6.45, 7) is 0. The van der Waals surface area contributed by atoms with Gasteiger partial charge in [0.1, 0.15) is 5.57 Å². The van der Waals surface area contributed by atoms with Crippen LogP contribution in [-0.4, -0.2) is 25.9 Å². The number of carbonyl (C=O) groups is 2. The van der Waals surface area contributed by atoms with Gasteiger partial charge in [0.2, 0.25) is 0 Å². The van der Waals surface area contributed by atoms with Crippen molar-refractivity contribution in [2.45, 2.75) is 0 Å². The SMILES string of the molecule is CN(C)c1ccc(/C=C2/C(=O)NN(c3cccc(Br)c3)C2=O)cc1Br. The van der Waals surface area contributed by atoms with E-state index in [1.165, 1.54) is 5.01 Å². The third-order valence-corrected chi connectivity index (χ3v) is 4.85. The molecule has 7 heteroatoms. The van der Waals surface area contributed by atoms with Gasteiger partial charge in [-0.15, -0.1) is 0 Å². The minimum absolute atomic E-state index is 0.101. The second-order valence-corrected chi connectivity index (χ2v) is 7.49. The summed E-state index contributed by atoms with van der Waals surface area (Å²) in [5.74, 6) is -0.798. The predicted octanol–water partition coefficient (Wildman–Crippen LogP) is 3.74. The first-order chi connectivity index (χ1) is 11.9. The van der Waals surface area contributed by atoms with E-state index in [2.05, 4.69) is 37.3 Å². The van der Waals surface area contributed by atoms with Crippen LogP contribution in [0.15, 0.2) is 57.0 Å². The molecule has 3 rings (SSSR count). The number of hydrogen-bond donors (Lipinski definition) is 1. The highest BCUT2D eigenvalue weighted by molar-refractivity contribution is 9.10. The van der Waals surface area contributed by atoms with Gasteiger partial charge in [0.15, 0.2) is 0 Å². The zero-order chi connectivity index (χ0) is 18.1. The van der Waals surface area contributed by atoms with Crippen LogP contribution >= 0.6 is 31.9 Å². The van der Waals surface area contributed by atoms with Crippen LogP contribution in [0.1, 0.15) is 5.56 Å². The Morgan fingerprint density at radius 3 is 2.48 bits per heavy atom. The largest absolute Gasteiger partial charge is 0.377 e. The van der Waals surface area contributed by atoms with Gasteiger partial charge in [0.25, 0.3) is 11.8 Å². The molecule has 1 aliphatic heterocycles. The molecule has 1 heterocycles. The van der Waals surface area contributed by atoms with Crippen molar-refractivity contribution in [1.29, 1.82) is 0 Å². The molecule has 1 fully saturated rings. The fraction of sp³-hybridized carbons (Fsp3) is 0.111. The van der Waals surface area contributed by atoms with Crippen molar-refractivity contribution in [2.75, 3.05) is 24.0 Å². The van der Waals surface area contributed by atoms with E-state index in [0.29, 0.717) is 5.69 Å². The summed E-state index contributed by atoms with van der Waals surface area (Å²) in [6, 6.07) is 12.9. The Morgan fingerprint density at radius 2 is 1.84 bits per heavy atom. The first-order valence-electron chi connectivity index (χ1n) is 7.46. The summed E-state index contributed by atoms with van der Waals surface area (Å²) >= 11 is 6.88. The molecule has 1 N–H and O–H groups in total. The summed E-state index contributed by atoms with van der Waals surface area (Å²) < 4.78 is 1.72. The highest BCUT2D eigenvalue weighted by Gasteiger charge is 2.34. The normalized spacial score (nSPS) is 15.7. The first-order valence-corrected chi connectivity index (χ1v) is 9.05. The average Bonchev–Trinajstić information content (AvgIpc) is 2.83. The maximum absolute atomic E-state index is 12.6. The van der Waals surface area contributed by atoms with Crippen molar-refractivity contribution >= 4 is 61.1 Å². The lowest BCUT2D eigenvalue weighted by molar-refractivity contribution is -0.117. The van der Waals surface area contributed by atoms with Crippen molar-refractivity contribution in [1.82, 2.24) is 5.43 Å². The Labute approximate surface area is 162 Å².